The highest BCUT2D eigenvalue weighted by Gasteiger charge is 2.42. The fourth-order valence-electron chi connectivity index (χ4n) is 4.01. The summed E-state index contributed by atoms with van der Waals surface area (Å²) >= 11 is 1.14. The number of nitrogens with one attached hydrogen (secondary N) is 2. The van der Waals surface area contributed by atoms with E-state index >= 15 is 0 Å². The SMILES string of the molecule is O=C(CC1C(=O)N=C2c3ccccc3N=C(SCC(=O)Nc3ccc(F)cc3)N21)NCc1ccccc1. The zero-order chi connectivity index (χ0) is 25.8. The number of aliphatic imine (C=N–C) groups is 2. The highest BCUT2D eigenvalue weighted by molar-refractivity contribution is 8.14. The van der Waals surface area contributed by atoms with Crippen LogP contribution in [0.15, 0.2) is 88.8 Å². The van der Waals surface area contributed by atoms with Gasteiger partial charge in [0.2, 0.25) is 11.8 Å². The van der Waals surface area contributed by atoms with Crippen molar-refractivity contribution in [2.75, 3.05) is 11.1 Å². The van der Waals surface area contributed by atoms with E-state index < -0.39 is 17.8 Å². The Morgan fingerprint density at radius 3 is 2.43 bits per heavy atom. The quantitative estimate of drug-likeness (QED) is 0.497. The number of hydrogen-bond donors (Lipinski definition) is 2. The summed E-state index contributed by atoms with van der Waals surface area (Å²) in [5.74, 6) is -1.05. The molecule has 0 saturated heterocycles. The van der Waals surface area contributed by atoms with Crippen molar-refractivity contribution in [2.24, 2.45) is 9.98 Å². The van der Waals surface area contributed by atoms with Crippen molar-refractivity contribution in [2.45, 2.75) is 19.0 Å². The number of halogens is 1. The van der Waals surface area contributed by atoms with Gasteiger partial charge in [0.05, 0.1) is 17.9 Å². The fraction of sp³-hybridized carbons (Fsp3) is 0.148. The molecule has 37 heavy (non-hydrogen) atoms. The molecule has 2 aliphatic heterocycles. The number of thioether (sulfide) groups is 1. The van der Waals surface area contributed by atoms with Gasteiger partial charge in [0.25, 0.3) is 5.91 Å². The number of nitrogens with zero attached hydrogens (tertiary/aromatic N) is 3. The van der Waals surface area contributed by atoms with E-state index in [2.05, 4.69) is 20.6 Å². The summed E-state index contributed by atoms with van der Waals surface area (Å²) in [7, 11) is 0. The van der Waals surface area contributed by atoms with E-state index in [9.17, 15) is 18.8 Å². The van der Waals surface area contributed by atoms with Gasteiger partial charge in [-0.1, -0.05) is 54.2 Å². The van der Waals surface area contributed by atoms with E-state index in [1.54, 1.807) is 11.0 Å². The molecule has 10 heteroatoms. The summed E-state index contributed by atoms with van der Waals surface area (Å²) in [5.41, 5.74) is 2.72. The number of amides is 3. The van der Waals surface area contributed by atoms with Crippen LogP contribution < -0.4 is 10.6 Å². The lowest BCUT2D eigenvalue weighted by Crippen LogP contribution is -2.46. The Balaban J connectivity index is 1.31. The maximum absolute atomic E-state index is 13.1. The van der Waals surface area contributed by atoms with Gasteiger partial charge in [-0.25, -0.2) is 9.38 Å². The summed E-state index contributed by atoms with van der Waals surface area (Å²) in [4.78, 5) is 48.8. The Morgan fingerprint density at radius 1 is 0.919 bits per heavy atom. The van der Waals surface area contributed by atoms with Gasteiger partial charge in [0, 0.05) is 17.8 Å². The smallest absolute Gasteiger partial charge is 0.271 e. The average molecular weight is 516 g/mol. The van der Waals surface area contributed by atoms with Crippen LogP contribution in [0.2, 0.25) is 0 Å². The summed E-state index contributed by atoms with van der Waals surface area (Å²) in [6.45, 7) is 0.344. The molecule has 0 aliphatic carbocycles. The second-order valence-electron chi connectivity index (χ2n) is 8.38. The molecule has 0 spiro atoms. The highest BCUT2D eigenvalue weighted by atomic mass is 32.2. The van der Waals surface area contributed by atoms with Crippen LogP contribution in [-0.2, 0) is 20.9 Å². The zero-order valence-corrected chi connectivity index (χ0v) is 20.4. The standard InChI is InChI=1S/C27H22FN5O3S/c28-18-10-12-19(13-11-18)30-24(35)16-37-27-31-21-9-5-4-8-20(21)25-32-26(36)22(33(25)27)14-23(34)29-15-17-6-2-1-3-7-17/h1-13,22H,14-16H2,(H,29,34)(H,30,35). The molecule has 2 aliphatic rings. The molecule has 3 aromatic carbocycles. The van der Waals surface area contributed by atoms with Crippen LogP contribution in [0.5, 0.6) is 0 Å². The Morgan fingerprint density at radius 2 is 1.65 bits per heavy atom. The van der Waals surface area contributed by atoms with Crippen LogP contribution in [0.1, 0.15) is 17.5 Å². The van der Waals surface area contributed by atoms with Gasteiger partial charge < -0.3 is 10.6 Å². The number of anilines is 1. The van der Waals surface area contributed by atoms with Crippen LogP contribution in [0.3, 0.4) is 0 Å². The molecule has 2 heterocycles. The lowest BCUT2D eigenvalue weighted by molar-refractivity contribution is -0.126. The molecule has 3 aromatic rings. The number of para-hydroxylation sites is 1. The molecule has 2 N–H and O–H groups in total. The van der Waals surface area contributed by atoms with E-state index in [0.717, 1.165) is 17.3 Å². The summed E-state index contributed by atoms with van der Waals surface area (Å²) in [6, 6.07) is 21.4. The Hall–Kier alpha value is -4.31. The number of fused-ring (bicyclic) bond motifs is 3. The monoisotopic (exact) mass is 515 g/mol. The van der Waals surface area contributed by atoms with E-state index in [1.807, 2.05) is 48.5 Å². The lowest BCUT2D eigenvalue weighted by Gasteiger charge is -2.30. The minimum atomic E-state index is -0.870. The Labute approximate surface area is 216 Å². The highest BCUT2D eigenvalue weighted by Crippen LogP contribution is 2.35. The van der Waals surface area contributed by atoms with Gasteiger partial charge in [-0.15, -0.1) is 0 Å². The number of rotatable bonds is 7. The second-order valence-corrected chi connectivity index (χ2v) is 9.32. The van der Waals surface area contributed by atoms with Gasteiger partial charge in [-0.3, -0.25) is 19.3 Å². The van der Waals surface area contributed by atoms with Crippen molar-refractivity contribution in [1.82, 2.24) is 10.2 Å². The normalized spacial score (nSPS) is 15.9. The Kier molecular flexibility index (Phi) is 7.09. The molecular formula is C27H22FN5O3S. The van der Waals surface area contributed by atoms with Crippen molar-refractivity contribution >= 4 is 51.9 Å². The first kappa shape index (κ1) is 24.4. The summed E-state index contributed by atoms with van der Waals surface area (Å²) < 4.78 is 13.1. The first-order valence-electron chi connectivity index (χ1n) is 11.6. The van der Waals surface area contributed by atoms with Crippen LogP contribution in [0.4, 0.5) is 15.8 Å². The molecule has 0 fully saturated rings. The van der Waals surface area contributed by atoms with Crippen LogP contribution in [0.25, 0.3) is 0 Å². The molecule has 186 valence electrons. The van der Waals surface area contributed by atoms with Crippen LogP contribution in [-0.4, -0.2) is 45.4 Å². The molecule has 0 radical (unpaired) electrons. The molecule has 0 saturated carbocycles. The maximum Gasteiger partial charge on any atom is 0.271 e. The molecular weight excluding hydrogens is 493 g/mol. The number of carbonyl (C=O) groups is 3. The van der Waals surface area contributed by atoms with E-state index in [0.29, 0.717) is 34.5 Å². The molecule has 0 aromatic heterocycles. The third-order valence-corrected chi connectivity index (χ3v) is 6.73. The topological polar surface area (TPSA) is 103 Å². The molecule has 0 bridgehead atoms. The third kappa shape index (κ3) is 5.59. The summed E-state index contributed by atoms with van der Waals surface area (Å²) in [6.07, 6.45) is -0.109. The van der Waals surface area contributed by atoms with Crippen LogP contribution in [0, 0.1) is 5.82 Å². The van der Waals surface area contributed by atoms with Gasteiger partial charge in [0.1, 0.15) is 17.7 Å². The predicted molar refractivity (Wildman–Crippen MR) is 141 cm³/mol. The average Bonchev–Trinajstić information content (AvgIpc) is 3.24. The third-order valence-electron chi connectivity index (χ3n) is 5.78. The fourth-order valence-corrected chi connectivity index (χ4v) is 4.85. The van der Waals surface area contributed by atoms with Crippen molar-refractivity contribution in [1.29, 1.82) is 0 Å². The van der Waals surface area contributed by atoms with Gasteiger partial charge in [0.15, 0.2) is 5.17 Å². The second kappa shape index (κ2) is 10.8. The predicted octanol–water partition coefficient (Wildman–Crippen LogP) is 3.86. The minimum absolute atomic E-state index is 0.0106. The first-order valence-corrected chi connectivity index (χ1v) is 12.6. The van der Waals surface area contributed by atoms with E-state index in [1.165, 1.54) is 24.3 Å². The van der Waals surface area contributed by atoms with Crippen molar-refractivity contribution in [3.8, 4) is 0 Å². The molecule has 3 amide bonds. The summed E-state index contributed by atoms with van der Waals surface area (Å²) in [5, 5.41) is 5.96. The molecule has 1 atom stereocenters. The van der Waals surface area contributed by atoms with E-state index in [-0.39, 0.29) is 24.0 Å². The van der Waals surface area contributed by atoms with Crippen molar-refractivity contribution in [3.05, 3.63) is 95.8 Å². The van der Waals surface area contributed by atoms with Gasteiger partial charge >= 0.3 is 0 Å². The maximum atomic E-state index is 13.1. The van der Waals surface area contributed by atoms with E-state index in [4.69, 9.17) is 0 Å². The van der Waals surface area contributed by atoms with Crippen molar-refractivity contribution in [3.63, 3.8) is 0 Å². The first-order chi connectivity index (χ1) is 18.0. The zero-order valence-electron chi connectivity index (χ0n) is 19.6. The minimum Gasteiger partial charge on any atom is -0.352 e. The van der Waals surface area contributed by atoms with Gasteiger partial charge in [-0.2, -0.15) is 4.99 Å². The molecule has 1 unspecified atom stereocenters. The number of hydrogen-bond acceptors (Lipinski definition) is 6. The number of amidine groups is 2. The lowest BCUT2D eigenvalue weighted by atomic mass is 10.1. The Bertz CT molecular complexity index is 1410. The molecule has 5 rings (SSSR count). The number of benzene rings is 3. The molecule has 8 nitrogen and oxygen atoms in total. The van der Waals surface area contributed by atoms with Crippen LogP contribution >= 0.6 is 11.8 Å². The van der Waals surface area contributed by atoms with Gasteiger partial charge in [-0.05, 0) is 42.0 Å². The largest absolute Gasteiger partial charge is 0.352 e. The van der Waals surface area contributed by atoms with Crippen molar-refractivity contribution < 1.29 is 18.8 Å². The number of carbonyl (C=O) groups excluding carboxylic acids is 3.